The van der Waals surface area contributed by atoms with Crippen molar-refractivity contribution >= 4 is 11.9 Å². The van der Waals surface area contributed by atoms with E-state index in [1.807, 2.05) is 19.1 Å². The fourth-order valence-corrected chi connectivity index (χ4v) is 2.70. The lowest BCUT2D eigenvalue weighted by Gasteiger charge is -2.15. The Morgan fingerprint density at radius 3 is 2.12 bits per heavy atom. The van der Waals surface area contributed by atoms with Crippen LogP contribution in [0.5, 0.6) is 0 Å². The molecule has 0 aliphatic heterocycles. The highest BCUT2D eigenvalue weighted by Gasteiger charge is 2.28. The largest absolute Gasteiger partial charge is 0.465 e. The van der Waals surface area contributed by atoms with Gasteiger partial charge in [0.05, 0.1) is 18.8 Å². The Morgan fingerprint density at radius 2 is 1.50 bits per heavy atom. The summed E-state index contributed by atoms with van der Waals surface area (Å²) in [7, 11) is 0. The van der Waals surface area contributed by atoms with Crippen LogP contribution in [0.2, 0.25) is 0 Å². The highest BCUT2D eigenvalue weighted by atomic mass is 16.5. The van der Waals surface area contributed by atoms with E-state index in [2.05, 4.69) is 13.8 Å². The van der Waals surface area contributed by atoms with Crippen LogP contribution in [0, 0.1) is 5.92 Å². The molecule has 0 aromatic carbocycles. The van der Waals surface area contributed by atoms with Crippen molar-refractivity contribution in [2.24, 2.45) is 5.92 Å². The van der Waals surface area contributed by atoms with Gasteiger partial charge in [0.1, 0.15) is 5.92 Å². The Labute approximate surface area is 158 Å². The monoisotopic (exact) mass is 362 g/mol. The number of unbranched alkanes of at least 4 members (excludes halogenated alkanes) is 6. The molecule has 0 heterocycles. The van der Waals surface area contributed by atoms with E-state index in [-0.39, 0.29) is 5.97 Å². The molecule has 0 saturated carbocycles. The van der Waals surface area contributed by atoms with E-state index in [4.69, 9.17) is 9.47 Å². The first-order valence-corrected chi connectivity index (χ1v) is 10.0. The molecule has 1 unspecified atom stereocenters. The molecule has 4 heteroatoms. The molecule has 0 spiro atoms. The number of ether oxygens (including phenoxy) is 2. The van der Waals surface area contributed by atoms with Gasteiger partial charge in [-0.2, -0.15) is 0 Å². The lowest BCUT2D eigenvalue weighted by atomic mass is 9.99. The summed E-state index contributed by atoms with van der Waals surface area (Å²) in [5, 5.41) is 0. The second-order valence-electron chi connectivity index (χ2n) is 6.79. The quantitative estimate of drug-likeness (QED) is 0.349. The lowest BCUT2D eigenvalue weighted by Crippen LogP contribution is -2.24. The Kier molecular flexibility index (Phi) is 11.4. The minimum absolute atomic E-state index is 0.354. The molecule has 0 saturated heterocycles. The predicted octanol–water partition coefficient (Wildman–Crippen LogP) is 5.29. The molecule has 0 aromatic rings. The SMILES string of the molecule is CCCCCCOC(=O)C1=CC=C(C)C=CC1C(=O)OCCCCCC. The van der Waals surface area contributed by atoms with Crippen LogP contribution in [-0.4, -0.2) is 25.2 Å². The van der Waals surface area contributed by atoms with E-state index in [1.165, 1.54) is 0 Å². The number of carbonyl (C=O) groups is 2. The van der Waals surface area contributed by atoms with Gasteiger partial charge < -0.3 is 9.47 Å². The maximum Gasteiger partial charge on any atom is 0.335 e. The average Bonchev–Trinajstić information content (AvgIpc) is 2.83. The number of allylic oxidation sites excluding steroid dienone is 4. The summed E-state index contributed by atoms with van der Waals surface area (Å²) in [6.07, 6.45) is 15.5. The summed E-state index contributed by atoms with van der Waals surface area (Å²) in [4.78, 5) is 24.9. The van der Waals surface area contributed by atoms with Gasteiger partial charge >= 0.3 is 11.9 Å². The molecule has 0 fully saturated rings. The number of rotatable bonds is 12. The highest BCUT2D eigenvalue weighted by Crippen LogP contribution is 2.22. The van der Waals surface area contributed by atoms with Crippen LogP contribution in [-0.2, 0) is 19.1 Å². The van der Waals surface area contributed by atoms with Crippen molar-refractivity contribution in [2.45, 2.75) is 72.1 Å². The van der Waals surface area contributed by atoms with E-state index < -0.39 is 11.9 Å². The van der Waals surface area contributed by atoms with Crippen LogP contribution in [0.3, 0.4) is 0 Å². The van der Waals surface area contributed by atoms with Crippen LogP contribution in [0.25, 0.3) is 0 Å². The van der Waals surface area contributed by atoms with Crippen molar-refractivity contribution in [1.29, 1.82) is 0 Å². The van der Waals surface area contributed by atoms with Gasteiger partial charge in [-0.1, -0.05) is 82.2 Å². The number of carbonyl (C=O) groups excluding carboxylic acids is 2. The van der Waals surface area contributed by atoms with Crippen LogP contribution in [0.15, 0.2) is 35.5 Å². The summed E-state index contributed by atoms with van der Waals surface area (Å²) in [5.74, 6) is -1.50. The molecule has 0 amide bonds. The number of esters is 2. The average molecular weight is 363 g/mol. The predicted molar refractivity (Wildman–Crippen MR) is 105 cm³/mol. The zero-order valence-electron chi connectivity index (χ0n) is 16.6. The fraction of sp³-hybridized carbons (Fsp3) is 0.636. The third-order valence-corrected chi connectivity index (χ3v) is 4.38. The van der Waals surface area contributed by atoms with E-state index in [1.54, 1.807) is 12.2 Å². The Morgan fingerprint density at radius 1 is 0.885 bits per heavy atom. The maximum absolute atomic E-state index is 12.5. The zero-order valence-corrected chi connectivity index (χ0v) is 16.6. The molecule has 1 aliphatic carbocycles. The first-order valence-electron chi connectivity index (χ1n) is 10.0. The minimum Gasteiger partial charge on any atom is -0.465 e. The Hall–Kier alpha value is -1.84. The van der Waals surface area contributed by atoms with Gasteiger partial charge in [0.15, 0.2) is 0 Å². The molecular weight excluding hydrogens is 328 g/mol. The summed E-state index contributed by atoms with van der Waals surface area (Å²) < 4.78 is 10.8. The Balaban J connectivity index is 2.61. The molecule has 0 bridgehead atoms. The molecule has 4 nitrogen and oxygen atoms in total. The van der Waals surface area contributed by atoms with Crippen LogP contribution in [0.4, 0.5) is 0 Å². The second kappa shape index (κ2) is 13.4. The van der Waals surface area contributed by atoms with Crippen molar-refractivity contribution in [1.82, 2.24) is 0 Å². The smallest absolute Gasteiger partial charge is 0.335 e. The molecule has 0 radical (unpaired) electrons. The zero-order chi connectivity index (χ0) is 19.2. The van der Waals surface area contributed by atoms with Gasteiger partial charge in [0, 0.05) is 0 Å². The van der Waals surface area contributed by atoms with Gasteiger partial charge in [0.2, 0.25) is 0 Å². The van der Waals surface area contributed by atoms with Gasteiger partial charge in [-0.25, -0.2) is 4.79 Å². The van der Waals surface area contributed by atoms with Crippen molar-refractivity contribution in [3.8, 4) is 0 Å². The Bertz CT molecular complexity index is 528. The van der Waals surface area contributed by atoms with Gasteiger partial charge in [-0.05, 0) is 19.8 Å². The van der Waals surface area contributed by atoms with E-state index in [0.717, 1.165) is 56.9 Å². The van der Waals surface area contributed by atoms with E-state index in [9.17, 15) is 9.59 Å². The molecular formula is C22H34O4. The first kappa shape index (κ1) is 22.2. The third kappa shape index (κ3) is 8.50. The standard InChI is InChI=1S/C22H34O4/c1-4-6-8-10-16-25-21(23)19-14-12-18(3)13-15-20(19)22(24)26-17-11-9-7-5-2/h12-15,19H,4-11,16-17H2,1-3H3. The summed E-state index contributed by atoms with van der Waals surface area (Å²) >= 11 is 0. The topological polar surface area (TPSA) is 52.6 Å². The molecule has 1 rings (SSSR count). The normalized spacial score (nSPS) is 16.5. The molecule has 26 heavy (non-hydrogen) atoms. The van der Waals surface area contributed by atoms with E-state index >= 15 is 0 Å². The van der Waals surface area contributed by atoms with Crippen molar-refractivity contribution < 1.29 is 19.1 Å². The third-order valence-electron chi connectivity index (χ3n) is 4.38. The molecule has 0 aromatic heterocycles. The number of hydrogen-bond acceptors (Lipinski definition) is 4. The van der Waals surface area contributed by atoms with Crippen molar-refractivity contribution in [2.75, 3.05) is 13.2 Å². The molecule has 146 valence electrons. The molecule has 1 atom stereocenters. The van der Waals surface area contributed by atoms with Gasteiger partial charge in [-0.15, -0.1) is 0 Å². The highest BCUT2D eigenvalue weighted by molar-refractivity contribution is 5.97. The number of hydrogen-bond donors (Lipinski definition) is 0. The summed E-state index contributed by atoms with van der Waals surface area (Å²) in [5.41, 5.74) is 1.34. The first-order chi connectivity index (χ1) is 12.6. The van der Waals surface area contributed by atoms with Crippen molar-refractivity contribution in [3.63, 3.8) is 0 Å². The summed E-state index contributed by atoms with van der Waals surface area (Å²) in [6, 6.07) is 0. The van der Waals surface area contributed by atoms with Crippen LogP contribution < -0.4 is 0 Å². The molecule has 0 N–H and O–H groups in total. The van der Waals surface area contributed by atoms with Gasteiger partial charge in [0.25, 0.3) is 0 Å². The fourth-order valence-electron chi connectivity index (χ4n) is 2.70. The molecule has 1 aliphatic rings. The maximum atomic E-state index is 12.5. The minimum atomic E-state index is -0.696. The van der Waals surface area contributed by atoms with E-state index in [0.29, 0.717) is 18.8 Å². The van der Waals surface area contributed by atoms with Gasteiger partial charge in [-0.3, -0.25) is 4.79 Å². The van der Waals surface area contributed by atoms with Crippen molar-refractivity contribution in [3.05, 3.63) is 35.5 Å². The lowest BCUT2D eigenvalue weighted by molar-refractivity contribution is -0.149. The summed E-state index contributed by atoms with van der Waals surface area (Å²) in [6.45, 7) is 7.00. The van der Waals surface area contributed by atoms with Crippen LogP contribution in [0.1, 0.15) is 72.1 Å². The second-order valence-corrected chi connectivity index (χ2v) is 6.79. The van der Waals surface area contributed by atoms with Crippen LogP contribution >= 0.6 is 0 Å².